The molecule has 0 aliphatic carbocycles. The monoisotopic (exact) mass is 1280 g/mol. The molecule has 0 saturated carbocycles. The van der Waals surface area contributed by atoms with Gasteiger partial charge in [0.15, 0.2) is 0 Å². The van der Waals surface area contributed by atoms with E-state index in [9.17, 15) is 63.0 Å². The summed E-state index contributed by atoms with van der Waals surface area (Å²) in [6.07, 6.45) is 2.03. The number of carbonyl (C=O) groups is 11. The van der Waals surface area contributed by atoms with Gasteiger partial charge in [0.05, 0.1) is 12.2 Å². The number of pyridine rings is 1. The van der Waals surface area contributed by atoms with Crippen molar-refractivity contribution < 1.29 is 63.0 Å². The summed E-state index contributed by atoms with van der Waals surface area (Å²) in [5, 5.41) is 49.9. The van der Waals surface area contributed by atoms with E-state index in [0.29, 0.717) is 17.9 Å². The minimum absolute atomic E-state index is 0.0225. The van der Waals surface area contributed by atoms with E-state index in [1.807, 2.05) is 0 Å². The number of amides is 11. The normalized spacial score (nSPS) is 22.1. The standard InChI is InChI=1S/C61H101N17O13/c1-7-35(4)10-8-9-11-49(81)69-41(16-24-62)56(86)78-51(37(6)80)61(91)74-44(19-27-65)53(83)73-46-23-31-68-60(90)50(36(5)79)77-57(87)45(20-28-66)71-52(82)42(17-25-63)72-58(88)47(32-34(2)3)75-59(89)48(76-54(84)43(18-26-64)70-55(46)85)33-38-12-14-39(15-13-38)40-21-29-67-30-22-40/h12-15,21-22,29-30,34-37,41-48,50-51,79-80H,7-11,16-20,23-28,31-33,62-66H2,1-6H3,(H,68,90)(H,69,81)(H,70,85)(H,71,82)(H,72,88)(H,73,83)(H,74,91)(H,75,89)(H,76,84)(H,77,87)(H,78,86)/t35-,36+,37+,41-,42-,43-,44-,45-,46-,47-,48+,50-,51-/m0/s1. The van der Waals surface area contributed by atoms with Gasteiger partial charge in [0.25, 0.3) is 0 Å². The number of unbranched alkanes of at least 4 members (excludes halogenated alkanes) is 1. The van der Waals surface area contributed by atoms with Gasteiger partial charge in [-0.15, -0.1) is 0 Å². The summed E-state index contributed by atoms with van der Waals surface area (Å²) in [6.45, 7) is 8.95. The van der Waals surface area contributed by atoms with Crippen LogP contribution in [-0.4, -0.2) is 192 Å². The van der Waals surface area contributed by atoms with E-state index < -0.39 is 151 Å². The van der Waals surface area contributed by atoms with Gasteiger partial charge in [0.1, 0.15) is 60.4 Å². The molecule has 1 fully saturated rings. The van der Waals surface area contributed by atoms with Crippen molar-refractivity contribution in [3.05, 3.63) is 54.4 Å². The highest BCUT2D eigenvalue weighted by molar-refractivity contribution is 5.99. The van der Waals surface area contributed by atoms with Crippen molar-refractivity contribution in [2.75, 3.05) is 39.3 Å². The van der Waals surface area contributed by atoms with Crippen molar-refractivity contribution in [3.63, 3.8) is 0 Å². The number of rotatable bonds is 30. The van der Waals surface area contributed by atoms with E-state index in [1.54, 1.807) is 62.6 Å². The number of hydrogen-bond acceptors (Lipinski definition) is 19. The predicted molar refractivity (Wildman–Crippen MR) is 339 cm³/mol. The Hall–Kier alpha value is -7.74. The minimum Gasteiger partial charge on any atom is -0.391 e. The molecule has 1 aromatic heterocycles. The topological polar surface area (TPSA) is 504 Å². The fraction of sp³-hybridized carbons (Fsp3) is 0.639. The molecule has 1 aromatic carbocycles. The smallest absolute Gasteiger partial charge is 0.245 e. The van der Waals surface area contributed by atoms with Crippen LogP contribution >= 0.6 is 0 Å². The molecule has 0 unspecified atom stereocenters. The Bertz CT molecular complexity index is 2670. The number of hydrogen-bond donors (Lipinski definition) is 18. The fourth-order valence-corrected chi connectivity index (χ4v) is 9.88. The van der Waals surface area contributed by atoms with Crippen LogP contribution in [0.3, 0.4) is 0 Å². The second kappa shape index (κ2) is 40.9. The number of aliphatic hydroxyl groups excluding tert-OH is 2. The Morgan fingerprint density at radius 1 is 0.560 bits per heavy atom. The average Bonchev–Trinajstić information content (AvgIpc) is 1.43. The van der Waals surface area contributed by atoms with Gasteiger partial charge < -0.3 is 97.4 Å². The first-order valence-electron chi connectivity index (χ1n) is 31.5. The summed E-state index contributed by atoms with van der Waals surface area (Å²) in [6, 6.07) is -4.30. The number of nitrogens with two attached hydrogens (primary N) is 5. The zero-order chi connectivity index (χ0) is 67.7. The van der Waals surface area contributed by atoms with E-state index in [1.165, 1.54) is 13.8 Å². The van der Waals surface area contributed by atoms with Gasteiger partial charge in [-0.2, -0.15) is 0 Å². The summed E-state index contributed by atoms with van der Waals surface area (Å²) >= 11 is 0. The molecule has 1 aliphatic heterocycles. The summed E-state index contributed by atoms with van der Waals surface area (Å²) in [5.41, 5.74) is 31.7. The van der Waals surface area contributed by atoms with E-state index in [-0.39, 0.29) is 90.0 Å². The molecule has 3 rings (SSSR count). The van der Waals surface area contributed by atoms with Crippen molar-refractivity contribution >= 4 is 65.0 Å². The van der Waals surface area contributed by atoms with Crippen LogP contribution < -0.4 is 87.2 Å². The molecular formula is C61H101N17O13. The molecule has 2 heterocycles. The molecule has 1 saturated heterocycles. The van der Waals surface area contributed by atoms with Crippen LogP contribution in [0.1, 0.15) is 124 Å². The molecule has 0 bridgehead atoms. The van der Waals surface area contributed by atoms with Gasteiger partial charge in [-0.1, -0.05) is 71.2 Å². The molecule has 0 radical (unpaired) electrons. The first kappa shape index (κ1) is 77.5. The van der Waals surface area contributed by atoms with Crippen molar-refractivity contribution in [3.8, 4) is 11.1 Å². The first-order chi connectivity index (χ1) is 43.3. The largest absolute Gasteiger partial charge is 0.391 e. The van der Waals surface area contributed by atoms with Crippen molar-refractivity contribution in [2.24, 2.45) is 40.5 Å². The van der Waals surface area contributed by atoms with Gasteiger partial charge in [-0.25, -0.2) is 0 Å². The number of aliphatic hydroxyl groups is 2. The van der Waals surface area contributed by atoms with Crippen LogP contribution in [-0.2, 0) is 59.2 Å². The quantitative estimate of drug-likeness (QED) is 0.0330. The summed E-state index contributed by atoms with van der Waals surface area (Å²) in [7, 11) is 0. The summed E-state index contributed by atoms with van der Waals surface area (Å²) in [4.78, 5) is 159. The number of carbonyl (C=O) groups excluding carboxylic acids is 11. The predicted octanol–water partition coefficient (Wildman–Crippen LogP) is -4.18. The van der Waals surface area contributed by atoms with Crippen molar-refractivity contribution in [1.29, 1.82) is 0 Å². The molecule has 508 valence electrons. The van der Waals surface area contributed by atoms with Crippen molar-refractivity contribution in [2.45, 2.75) is 198 Å². The van der Waals surface area contributed by atoms with Gasteiger partial charge >= 0.3 is 0 Å². The van der Waals surface area contributed by atoms with E-state index >= 15 is 0 Å². The Morgan fingerprint density at radius 3 is 1.57 bits per heavy atom. The van der Waals surface area contributed by atoms with E-state index in [2.05, 4.69) is 77.3 Å². The lowest BCUT2D eigenvalue weighted by molar-refractivity contribution is -0.137. The zero-order valence-corrected chi connectivity index (χ0v) is 53.4. The molecule has 1 aliphatic rings. The van der Waals surface area contributed by atoms with Crippen LogP contribution in [0.4, 0.5) is 0 Å². The lowest BCUT2D eigenvalue weighted by Gasteiger charge is -2.29. The third kappa shape index (κ3) is 26.9. The van der Waals surface area contributed by atoms with Crippen molar-refractivity contribution in [1.82, 2.24) is 63.5 Å². The number of nitrogens with one attached hydrogen (secondary N) is 11. The maximum absolute atomic E-state index is 14.7. The van der Waals surface area contributed by atoms with Crippen LogP contribution in [0.25, 0.3) is 11.1 Å². The van der Waals surface area contributed by atoms with Gasteiger partial charge in [0, 0.05) is 31.8 Å². The highest BCUT2D eigenvalue weighted by Gasteiger charge is 2.38. The highest BCUT2D eigenvalue weighted by Crippen LogP contribution is 2.20. The Kier molecular flexibility index (Phi) is 34.8. The number of nitrogens with zero attached hydrogens (tertiary/aromatic N) is 1. The number of benzene rings is 1. The SMILES string of the molecule is CC[C@H](C)CCCCC(=O)N[C@@H](CCN)C(=O)N[C@H](C(=O)N[C@@H](CCN)C(=O)N[C@H]1CCNC(=O)[C@H]([C@@H](C)O)NC(=O)[C@H](CCN)NC(=O)[C@H](CCN)NC(=O)[C@H](CC(C)C)NC(=O)[C@@H](Cc2ccc(-c3ccncc3)cc2)NC(=O)[C@H](CCN)NC1=O)[C@@H](C)O. The summed E-state index contributed by atoms with van der Waals surface area (Å²) in [5.74, 6) is -9.58. The Morgan fingerprint density at radius 2 is 1.05 bits per heavy atom. The second-order valence-corrected chi connectivity index (χ2v) is 23.5. The fourth-order valence-electron chi connectivity index (χ4n) is 9.88. The van der Waals surface area contributed by atoms with E-state index in [4.69, 9.17) is 28.7 Å². The molecule has 30 heteroatoms. The molecule has 13 atom stereocenters. The molecule has 91 heavy (non-hydrogen) atoms. The van der Waals surface area contributed by atoms with Crippen LogP contribution in [0.15, 0.2) is 48.8 Å². The maximum Gasteiger partial charge on any atom is 0.245 e. The van der Waals surface area contributed by atoms with Crippen LogP contribution in [0.5, 0.6) is 0 Å². The minimum atomic E-state index is -1.71. The molecular weight excluding hydrogens is 1180 g/mol. The van der Waals surface area contributed by atoms with Gasteiger partial charge in [-0.05, 0) is 139 Å². The lowest BCUT2D eigenvalue weighted by atomic mass is 9.98. The maximum atomic E-state index is 14.7. The third-order valence-electron chi connectivity index (χ3n) is 15.4. The second-order valence-electron chi connectivity index (χ2n) is 23.5. The number of aromatic nitrogens is 1. The van der Waals surface area contributed by atoms with Crippen LogP contribution in [0.2, 0.25) is 0 Å². The molecule has 2 aromatic rings. The van der Waals surface area contributed by atoms with E-state index in [0.717, 1.165) is 30.4 Å². The third-order valence-corrected chi connectivity index (χ3v) is 15.4. The molecule has 23 N–H and O–H groups in total. The summed E-state index contributed by atoms with van der Waals surface area (Å²) < 4.78 is 0. The molecule has 11 amide bonds. The van der Waals surface area contributed by atoms with Crippen LogP contribution in [0, 0.1) is 11.8 Å². The van der Waals surface area contributed by atoms with Gasteiger partial charge in [0.2, 0.25) is 65.0 Å². The lowest BCUT2D eigenvalue weighted by Crippen LogP contribution is -2.62. The van der Waals surface area contributed by atoms with Gasteiger partial charge in [-0.3, -0.25) is 57.7 Å². The zero-order valence-electron chi connectivity index (χ0n) is 53.4. The molecule has 30 nitrogen and oxygen atoms in total. The Labute approximate surface area is 532 Å². The Balaban J connectivity index is 2.12. The first-order valence-corrected chi connectivity index (χ1v) is 31.5. The highest BCUT2D eigenvalue weighted by atomic mass is 16.3. The molecule has 0 spiro atoms. The average molecular weight is 1280 g/mol.